The van der Waals surface area contributed by atoms with Gasteiger partial charge in [-0.3, -0.25) is 4.57 Å². The highest BCUT2D eigenvalue weighted by molar-refractivity contribution is 7.94. The molecule has 26 heavy (non-hydrogen) atoms. The average molecular weight is 386 g/mol. The van der Waals surface area contributed by atoms with Crippen LogP contribution < -0.4 is 20.8 Å². The molecule has 0 aromatic heterocycles. The number of hydrogen-bond acceptors (Lipinski definition) is 4. The second-order valence-electron chi connectivity index (χ2n) is 5.56. The van der Waals surface area contributed by atoms with Crippen LogP contribution >= 0.6 is 15.3 Å². The zero-order valence-electron chi connectivity index (χ0n) is 14.4. The summed E-state index contributed by atoms with van der Waals surface area (Å²) in [5.74, 6) is 0. The van der Waals surface area contributed by atoms with Gasteiger partial charge in [0.15, 0.2) is 0 Å². The van der Waals surface area contributed by atoms with Crippen molar-refractivity contribution in [3.05, 3.63) is 91.0 Å². The Morgan fingerprint density at radius 3 is 1.42 bits per heavy atom. The minimum atomic E-state index is -4.51. The lowest BCUT2D eigenvalue weighted by Gasteiger charge is -2.31. The Morgan fingerprint density at radius 1 is 0.769 bits per heavy atom. The van der Waals surface area contributed by atoms with E-state index in [1.165, 1.54) is 0 Å². The molecular formula is C20H20O4P2. The van der Waals surface area contributed by atoms with Crippen LogP contribution in [0.25, 0.3) is 0 Å². The van der Waals surface area contributed by atoms with Crippen LogP contribution in [-0.4, -0.2) is 6.61 Å². The summed E-state index contributed by atoms with van der Waals surface area (Å²) in [6, 6.07) is 28.4. The summed E-state index contributed by atoms with van der Waals surface area (Å²) in [6.45, 7) is 1.65. The average Bonchev–Trinajstić information content (AvgIpc) is 2.68. The van der Waals surface area contributed by atoms with E-state index in [0.717, 1.165) is 15.9 Å². The first kappa shape index (κ1) is 19.0. The molecule has 3 aromatic carbocycles. The smallest absolute Gasteiger partial charge is 0.308 e. The van der Waals surface area contributed by atoms with Crippen molar-refractivity contribution in [1.29, 1.82) is 0 Å². The SMILES string of the molecule is CCOP(=O)([O-])O[P+](c1ccccc1)(c1ccccc1)c1ccccc1. The molecular weight excluding hydrogens is 366 g/mol. The molecule has 0 aliphatic heterocycles. The molecule has 0 saturated carbocycles. The standard InChI is InChI=1S/C20H20O4P2/c1-2-23-26(21,22)24-25(18-12-6-3-7-13-18,19-14-8-4-9-15-19)20-16-10-5-11-17-20/h3-17H,2H2,1H3. The first-order valence-corrected chi connectivity index (χ1v) is 11.5. The Morgan fingerprint density at radius 2 is 1.12 bits per heavy atom. The molecule has 6 heteroatoms. The van der Waals surface area contributed by atoms with Crippen molar-refractivity contribution in [2.45, 2.75) is 6.92 Å². The van der Waals surface area contributed by atoms with E-state index in [2.05, 4.69) is 0 Å². The van der Waals surface area contributed by atoms with E-state index in [1.54, 1.807) is 6.92 Å². The van der Waals surface area contributed by atoms with Gasteiger partial charge in [0.2, 0.25) is 0 Å². The molecule has 0 saturated heterocycles. The summed E-state index contributed by atoms with van der Waals surface area (Å²) < 4.78 is 23.4. The molecule has 4 nitrogen and oxygen atoms in total. The summed E-state index contributed by atoms with van der Waals surface area (Å²) in [5, 5.41) is 2.44. The molecule has 0 spiro atoms. The van der Waals surface area contributed by atoms with Crippen molar-refractivity contribution in [1.82, 2.24) is 0 Å². The summed E-state index contributed by atoms with van der Waals surface area (Å²) in [5.41, 5.74) is 0. The molecule has 0 amide bonds. The first-order chi connectivity index (χ1) is 12.6. The van der Waals surface area contributed by atoms with E-state index in [1.807, 2.05) is 91.0 Å². The molecule has 0 fully saturated rings. The van der Waals surface area contributed by atoms with Crippen molar-refractivity contribution in [3.8, 4) is 0 Å². The Hall–Kier alpha value is -1.80. The number of hydrogen-bond donors (Lipinski definition) is 0. The quantitative estimate of drug-likeness (QED) is 0.584. The fraction of sp³-hybridized carbons (Fsp3) is 0.100. The van der Waals surface area contributed by atoms with E-state index in [0.29, 0.717) is 0 Å². The van der Waals surface area contributed by atoms with E-state index in [9.17, 15) is 9.46 Å². The van der Waals surface area contributed by atoms with Gasteiger partial charge < -0.3 is 9.42 Å². The first-order valence-electron chi connectivity index (χ1n) is 8.31. The maximum absolute atomic E-state index is 12.6. The molecule has 0 bridgehead atoms. The van der Waals surface area contributed by atoms with Gasteiger partial charge in [-0.1, -0.05) is 54.6 Å². The maximum atomic E-state index is 12.6. The van der Waals surface area contributed by atoms with Gasteiger partial charge in [0.05, 0.1) is 6.61 Å². The highest BCUT2D eigenvalue weighted by atomic mass is 31.3. The minimum Gasteiger partial charge on any atom is -0.754 e. The molecule has 0 aliphatic rings. The van der Waals surface area contributed by atoms with E-state index >= 15 is 0 Å². The highest BCUT2D eigenvalue weighted by Gasteiger charge is 2.51. The minimum absolute atomic E-state index is 0.0269. The summed E-state index contributed by atoms with van der Waals surface area (Å²) in [4.78, 5) is 12.6. The number of benzene rings is 3. The molecule has 3 aromatic rings. The molecule has 3 rings (SSSR count). The van der Waals surface area contributed by atoms with Crippen molar-refractivity contribution < 1.29 is 18.3 Å². The van der Waals surface area contributed by atoms with Crippen LogP contribution in [0.5, 0.6) is 0 Å². The molecule has 0 N–H and O–H groups in total. The van der Waals surface area contributed by atoms with Crippen molar-refractivity contribution in [2.75, 3.05) is 6.61 Å². The molecule has 0 aliphatic carbocycles. The van der Waals surface area contributed by atoms with Gasteiger partial charge >= 0.3 is 7.82 Å². The normalized spacial score (nSPS) is 13.9. The van der Waals surface area contributed by atoms with Crippen LogP contribution in [0.15, 0.2) is 91.0 Å². The molecule has 0 radical (unpaired) electrons. The van der Waals surface area contributed by atoms with Crippen LogP contribution in [0.1, 0.15) is 6.92 Å². The lowest BCUT2D eigenvalue weighted by Crippen LogP contribution is -2.33. The lowest BCUT2D eigenvalue weighted by atomic mass is 10.4. The predicted molar refractivity (Wildman–Crippen MR) is 105 cm³/mol. The molecule has 0 heterocycles. The van der Waals surface area contributed by atoms with E-state index in [4.69, 9.17) is 8.83 Å². The summed E-state index contributed by atoms with van der Waals surface area (Å²) in [6.07, 6.45) is 0. The van der Waals surface area contributed by atoms with Gasteiger partial charge in [0, 0.05) is 0 Å². The second-order valence-corrected chi connectivity index (χ2v) is 10.1. The number of phosphoric acid groups is 1. The van der Waals surface area contributed by atoms with Gasteiger partial charge in [-0.15, -0.1) is 0 Å². The second kappa shape index (κ2) is 8.26. The highest BCUT2D eigenvalue weighted by Crippen LogP contribution is 2.66. The monoisotopic (exact) mass is 386 g/mol. The topological polar surface area (TPSA) is 58.6 Å². The predicted octanol–water partition coefficient (Wildman–Crippen LogP) is 3.42. The zero-order chi connectivity index (χ0) is 18.5. The van der Waals surface area contributed by atoms with Gasteiger partial charge in [-0.05, 0) is 43.3 Å². The number of rotatable bonds is 7. The van der Waals surface area contributed by atoms with Gasteiger partial charge in [-0.25, -0.2) is 0 Å². The zero-order valence-corrected chi connectivity index (χ0v) is 16.2. The van der Waals surface area contributed by atoms with Gasteiger partial charge in [-0.2, -0.15) is 4.31 Å². The maximum Gasteiger partial charge on any atom is 0.308 e. The fourth-order valence-corrected chi connectivity index (χ4v) is 8.34. The van der Waals surface area contributed by atoms with E-state index < -0.39 is 15.3 Å². The third kappa shape index (κ3) is 3.96. The van der Waals surface area contributed by atoms with E-state index in [-0.39, 0.29) is 6.61 Å². The fourth-order valence-electron chi connectivity index (χ4n) is 2.83. The van der Waals surface area contributed by atoms with Gasteiger partial charge in [0.1, 0.15) is 15.9 Å². The van der Waals surface area contributed by atoms with Crippen LogP contribution in [0.3, 0.4) is 0 Å². The Labute approximate surface area is 154 Å². The Kier molecular flexibility index (Phi) is 6.03. The molecule has 1 atom stereocenters. The molecule has 134 valence electrons. The van der Waals surface area contributed by atoms with Crippen molar-refractivity contribution in [3.63, 3.8) is 0 Å². The van der Waals surface area contributed by atoms with Crippen LogP contribution in [0.2, 0.25) is 0 Å². The summed E-state index contributed by atoms with van der Waals surface area (Å²) >= 11 is 0. The van der Waals surface area contributed by atoms with Crippen LogP contribution in [0, 0.1) is 0 Å². The third-order valence-electron chi connectivity index (χ3n) is 3.87. The Bertz CT molecular complexity index is 773. The van der Waals surface area contributed by atoms with Crippen LogP contribution in [-0.2, 0) is 13.4 Å². The lowest BCUT2D eigenvalue weighted by molar-refractivity contribution is -0.215. The van der Waals surface area contributed by atoms with Crippen LogP contribution in [0.4, 0.5) is 0 Å². The summed E-state index contributed by atoms with van der Waals surface area (Å²) in [7, 11) is -7.42. The molecule has 1 unspecified atom stereocenters. The largest absolute Gasteiger partial charge is 0.754 e. The van der Waals surface area contributed by atoms with Crippen molar-refractivity contribution >= 4 is 31.2 Å². The Balaban J connectivity index is 2.30. The van der Waals surface area contributed by atoms with Gasteiger partial charge in [0.25, 0.3) is 7.49 Å². The third-order valence-corrected chi connectivity index (χ3v) is 9.30. The number of phosphoric ester groups is 1. The van der Waals surface area contributed by atoms with Crippen molar-refractivity contribution in [2.24, 2.45) is 0 Å².